The molecule has 1 saturated carbocycles. The minimum absolute atomic E-state index is 0.0110. The second kappa shape index (κ2) is 0.847. The first-order chi connectivity index (χ1) is 3.91. The zero-order valence-corrected chi connectivity index (χ0v) is 4.59. The molecule has 4 aliphatic rings. The Kier molecular flexibility index (Phi) is 0.408. The Morgan fingerprint density at radius 1 is 1.38 bits per heavy atom. The van der Waals surface area contributed by atoms with E-state index in [1.165, 1.54) is 12.8 Å². The SMILES string of the molecule is C1CC2OC3(C1)OC23. The molecular weight excluding hydrogens is 104 g/mol. The Bertz CT molecular complexity index is 139. The summed E-state index contributed by atoms with van der Waals surface area (Å²) in [4.78, 5) is 0. The van der Waals surface area contributed by atoms with Crippen molar-refractivity contribution in [2.45, 2.75) is 37.3 Å². The summed E-state index contributed by atoms with van der Waals surface area (Å²) in [6, 6.07) is 0. The summed E-state index contributed by atoms with van der Waals surface area (Å²) >= 11 is 0. The Morgan fingerprint density at radius 2 is 2.38 bits per heavy atom. The van der Waals surface area contributed by atoms with E-state index in [0.29, 0.717) is 12.2 Å². The van der Waals surface area contributed by atoms with Crippen molar-refractivity contribution < 1.29 is 9.47 Å². The molecule has 8 heavy (non-hydrogen) atoms. The Morgan fingerprint density at radius 3 is 2.88 bits per heavy atom. The van der Waals surface area contributed by atoms with Crippen molar-refractivity contribution in [3.8, 4) is 0 Å². The molecule has 3 saturated heterocycles. The van der Waals surface area contributed by atoms with E-state index in [2.05, 4.69) is 0 Å². The molecule has 4 fully saturated rings. The molecule has 2 bridgehead atoms. The van der Waals surface area contributed by atoms with Gasteiger partial charge >= 0.3 is 0 Å². The fourth-order valence-corrected chi connectivity index (χ4v) is 1.90. The van der Waals surface area contributed by atoms with Crippen LogP contribution >= 0.6 is 0 Å². The summed E-state index contributed by atoms with van der Waals surface area (Å²) in [5, 5.41) is 0. The number of epoxide rings is 1. The van der Waals surface area contributed by atoms with Gasteiger partial charge in [-0.1, -0.05) is 0 Å². The molecular formula is C6H8O2. The zero-order valence-electron chi connectivity index (χ0n) is 4.59. The van der Waals surface area contributed by atoms with Crippen LogP contribution < -0.4 is 0 Å². The quantitative estimate of drug-likeness (QED) is 0.429. The molecule has 0 amide bonds. The molecule has 44 valence electrons. The maximum Gasteiger partial charge on any atom is 0.198 e. The average Bonchev–Trinajstić information content (AvgIpc) is 2.40. The van der Waals surface area contributed by atoms with Crippen LogP contribution in [0.3, 0.4) is 0 Å². The van der Waals surface area contributed by atoms with Gasteiger partial charge < -0.3 is 9.47 Å². The van der Waals surface area contributed by atoms with E-state index >= 15 is 0 Å². The molecule has 4 rings (SSSR count). The van der Waals surface area contributed by atoms with Crippen LogP contribution in [0.4, 0.5) is 0 Å². The molecule has 0 radical (unpaired) electrons. The van der Waals surface area contributed by atoms with Crippen molar-refractivity contribution in [3.05, 3.63) is 0 Å². The molecule has 0 aromatic rings. The molecule has 1 aliphatic carbocycles. The fourth-order valence-electron chi connectivity index (χ4n) is 1.90. The van der Waals surface area contributed by atoms with Crippen molar-refractivity contribution in [2.75, 3.05) is 0 Å². The Balaban J connectivity index is 1.98. The van der Waals surface area contributed by atoms with Gasteiger partial charge in [-0.3, -0.25) is 0 Å². The third kappa shape index (κ3) is 0.231. The van der Waals surface area contributed by atoms with Crippen LogP contribution in [0.5, 0.6) is 0 Å². The van der Waals surface area contributed by atoms with Crippen molar-refractivity contribution in [2.24, 2.45) is 0 Å². The molecule has 2 nitrogen and oxygen atoms in total. The van der Waals surface area contributed by atoms with Gasteiger partial charge in [0.25, 0.3) is 0 Å². The molecule has 0 N–H and O–H groups in total. The summed E-state index contributed by atoms with van der Waals surface area (Å²) in [5.74, 6) is -0.0110. The monoisotopic (exact) mass is 112 g/mol. The lowest BCUT2D eigenvalue weighted by Gasteiger charge is -2.35. The van der Waals surface area contributed by atoms with E-state index in [1.54, 1.807) is 0 Å². The molecule has 0 aromatic carbocycles. The van der Waals surface area contributed by atoms with Crippen molar-refractivity contribution >= 4 is 0 Å². The highest BCUT2D eigenvalue weighted by Crippen LogP contribution is 2.59. The van der Waals surface area contributed by atoms with Crippen LogP contribution in [0.2, 0.25) is 0 Å². The van der Waals surface area contributed by atoms with E-state index in [9.17, 15) is 0 Å². The molecule has 3 unspecified atom stereocenters. The molecule has 3 aliphatic heterocycles. The van der Waals surface area contributed by atoms with Crippen LogP contribution in [0, 0.1) is 0 Å². The lowest BCUT2D eigenvalue weighted by Crippen LogP contribution is -2.47. The van der Waals surface area contributed by atoms with Gasteiger partial charge in [-0.05, 0) is 12.8 Å². The number of rotatable bonds is 0. The summed E-state index contributed by atoms with van der Waals surface area (Å²) in [5.41, 5.74) is 0. The van der Waals surface area contributed by atoms with Crippen LogP contribution in [-0.4, -0.2) is 18.0 Å². The predicted molar refractivity (Wildman–Crippen MR) is 26.3 cm³/mol. The first kappa shape index (κ1) is 3.85. The van der Waals surface area contributed by atoms with Gasteiger partial charge in [-0.25, -0.2) is 0 Å². The maximum absolute atomic E-state index is 5.41. The van der Waals surface area contributed by atoms with Crippen molar-refractivity contribution in [3.63, 3.8) is 0 Å². The standard InChI is InChI=1S/C6H8O2/c1-2-4-5-6(3-1,7-4)8-5/h4-5H,1-3H2. The lowest BCUT2D eigenvalue weighted by molar-refractivity contribution is -0.158. The second-order valence-electron chi connectivity index (χ2n) is 2.90. The highest BCUT2D eigenvalue weighted by molar-refractivity contribution is 5.12. The van der Waals surface area contributed by atoms with Crippen molar-refractivity contribution in [1.82, 2.24) is 0 Å². The molecule has 2 heteroatoms. The number of ether oxygens (including phenoxy) is 2. The normalized spacial score (nSPS) is 66.0. The van der Waals surface area contributed by atoms with Gasteiger partial charge in [-0.15, -0.1) is 0 Å². The number of hydrogen-bond donors (Lipinski definition) is 0. The largest absolute Gasteiger partial charge is 0.341 e. The van der Waals surface area contributed by atoms with Gasteiger partial charge in [0.15, 0.2) is 5.79 Å². The summed E-state index contributed by atoms with van der Waals surface area (Å²) in [7, 11) is 0. The van der Waals surface area contributed by atoms with E-state index < -0.39 is 0 Å². The Hall–Kier alpha value is -0.0800. The molecule has 1 spiro atoms. The summed E-state index contributed by atoms with van der Waals surface area (Å²) in [6.45, 7) is 0. The van der Waals surface area contributed by atoms with E-state index in [1.807, 2.05) is 0 Å². The first-order valence-corrected chi connectivity index (χ1v) is 3.26. The Labute approximate surface area is 47.8 Å². The van der Waals surface area contributed by atoms with E-state index in [-0.39, 0.29) is 5.79 Å². The van der Waals surface area contributed by atoms with E-state index in [4.69, 9.17) is 9.47 Å². The van der Waals surface area contributed by atoms with Gasteiger partial charge in [0.05, 0.1) is 6.10 Å². The summed E-state index contributed by atoms with van der Waals surface area (Å²) < 4.78 is 10.7. The fraction of sp³-hybridized carbons (Fsp3) is 1.00. The predicted octanol–water partition coefficient (Wildman–Crippen LogP) is 0.664. The van der Waals surface area contributed by atoms with Crippen LogP contribution in [0.25, 0.3) is 0 Å². The lowest BCUT2D eigenvalue weighted by atomic mass is 9.89. The number of hydrogen-bond acceptors (Lipinski definition) is 2. The van der Waals surface area contributed by atoms with Crippen LogP contribution in [-0.2, 0) is 9.47 Å². The third-order valence-corrected chi connectivity index (χ3v) is 2.41. The van der Waals surface area contributed by atoms with Gasteiger partial charge in [0.1, 0.15) is 6.10 Å². The van der Waals surface area contributed by atoms with Gasteiger partial charge in [0.2, 0.25) is 0 Å². The first-order valence-electron chi connectivity index (χ1n) is 3.26. The van der Waals surface area contributed by atoms with Crippen LogP contribution in [0.15, 0.2) is 0 Å². The maximum atomic E-state index is 5.41. The van der Waals surface area contributed by atoms with Crippen LogP contribution in [0.1, 0.15) is 19.3 Å². The molecule has 0 aromatic heterocycles. The molecule has 3 heterocycles. The van der Waals surface area contributed by atoms with Gasteiger partial charge in [-0.2, -0.15) is 0 Å². The highest BCUT2D eigenvalue weighted by Gasteiger charge is 2.73. The average molecular weight is 112 g/mol. The topological polar surface area (TPSA) is 21.8 Å². The third-order valence-electron chi connectivity index (χ3n) is 2.41. The summed E-state index contributed by atoms with van der Waals surface area (Å²) in [6.07, 6.45) is 4.70. The van der Waals surface area contributed by atoms with Gasteiger partial charge in [0, 0.05) is 6.42 Å². The number of fused-ring (bicyclic) bond motifs is 2. The minimum Gasteiger partial charge on any atom is -0.341 e. The smallest absolute Gasteiger partial charge is 0.198 e. The minimum atomic E-state index is -0.0110. The van der Waals surface area contributed by atoms with E-state index in [0.717, 1.165) is 6.42 Å². The molecule has 3 atom stereocenters. The van der Waals surface area contributed by atoms with Crippen molar-refractivity contribution in [1.29, 1.82) is 0 Å². The zero-order chi connectivity index (χ0) is 5.19. The second-order valence-corrected chi connectivity index (χ2v) is 2.90. The highest BCUT2D eigenvalue weighted by atomic mass is 16.9.